The van der Waals surface area contributed by atoms with Crippen molar-refractivity contribution in [1.29, 1.82) is 0 Å². The lowest BCUT2D eigenvalue weighted by Gasteiger charge is -2.02. The monoisotopic (exact) mass is 324 g/mol. The minimum atomic E-state index is -0.232. The van der Waals surface area contributed by atoms with Crippen molar-refractivity contribution in [1.82, 2.24) is 24.7 Å². The molecule has 3 heterocycles. The van der Waals surface area contributed by atoms with Crippen LogP contribution >= 0.6 is 11.3 Å². The molecule has 0 saturated heterocycles. The van der Waals surface area contributed by atoms with Crippen LogP contribution in [0.3, 0.4) is 0 Å². The lowest BCUT2D eigenvalue weighted by molar-refractivity contribution is 0.102. The third-order valence-corrected chi connectivity index (χ3v) is 4.05. The number of nitrogens with zero attached hydrogens (tertiary/aromatic N) is 4. The van der Waals surface area contributed by atoms with E-state index in [0.29, 0.717) is 22.0 Å². The van der Waals surface area contributed by atoms with Gasteiger partial charge in [-0.2, -0.15) is 5.10 Å². The molecule has 0 aliphatic rings. The van der Waals surface area contributed by atoms with Crippen molar-refractivity contribution in [3.05, 3.63) is 47.6 Å². The first-order valence-electron chi connectivity index (χ1n) is 6.90. The molecule has 0 aliphatic carbocycles. The maximum absolute atomic E-state index is 12.5. The molecule has 1 amide bonds. The summed E-state index contributed by atoms with van der Waals surface area (Å²) in [5.74, 6) is 0.403. The van der Waals surface area contributed by atoms with Crippen LogP contribution in [0, 0.1) is 0 Å². The number of aromatic nitrogens is 5. The van der Waals surface area contributed by atoms with E-state index in [-0.39, 0.29) is 5.91 Å². The van der Waals surface area contributed by atoms with Crippen LogP contribution in [-0.4, -0.2) is 30.6 Å². The topological polar surface area (TPSA) is 88.5 Å². The summed E-state index contributed by atoms with van der Waals surface area (Å²) in [4.78, 5) is 24.3. The standard InChI is InChI=1S/C15H12N6OS/c1-21-7-5-11(20-21)13-17-10-4-2-3-9(12(10)18-13)14(22)19-15-16-6-8-23-15/h2-8H,1H3,(H,17,18)(H,16,19,22). The molecule has 3 aromatic heterocycles. The Morgan fingerprint density at radius 1 is 1.35 bits per heavy atom. The number of nitrogens with one attached hydrogen (secondary N) is 2. The molecule has 0 atom stereocenters. The molecule has 23 heavy (non-hydrogen) atoms. The number of para-hydroxylation sites is 1. The first kappa shape index (κ1) is 13.6. The van der Waals surface area contributed by atoms with Crippen LogP contribution in [0.15, 0.2) is 42.0 Å². The molecule has 1 aromatic carbocycles. The molecule has 4 aromatic rings. The number of H-pyrrole nitrogens is 1. The van der Waals surface area contributed by atoms with Gasteiger partial charge >= 0.3 is 0 Å². The van der Waals surface area contributed by atoms with Crippen molar-refractivity contribution < 1.29 is 4.79 Å². The van der Waals surface area contributed by atoms with Crippen molar-refractivity contribution in [3.63, 3.8) is 0 Å². The lowest BCUT2D eigenvalue weighted by atomic mass is 10.2. The van der Waals surface area contributed by atoms with Gasteiger partial charge in [-0.3, -0.25) is 14.8 Å². The second kappa shape index (κ2) is 5.33. The summed E-state index contributed by atoms with van der Waals surface area (Å²) in [5.41, 5.74) is 2.63. The average Bonchev–Trinajstić information content (AvgIpc) is 3.25. The number of fused-ring (bicyclic) bond motifs is 1. The molecular formula is C15H12N6OS. The van der Waals surface area contributed by atoms with Gasteiger partial charge in [-0.15, -0.1) is 11.3 Å². The van der Waals surface area contributed by atoms with Crippen LogP contribution in [0.2, 0.25) is 0 Å². The highest BCUT2D eigenvalue weighted by molar-refractivity contribution is 7.13. The van der Waals surface area contributed by atoms with Crippen molar-refractivity contribution in [2.24, 2.45) is 7.05 Å². The first-order chi connectivity index (χ1) is 11.2. The number of aromatic amines is 1. The summed E-state index contributed by atoms with van der Waals surface area (Å²) in [7, 11) is 1.85. The van der Waals surface area contributed by atoms with Crippen LogP contribution in [0.4, 0.5) is 5.13 Å². The molecule has 8 heteroatoms. The van der Waals surface area contributed by atoms with Gasteiger partial charge in [0.15, 0.2) is 11.0 Å². The molecule has 0 bridgehead atoms. The molecule has 0 aliphatic heterocycles. The Labute approximate surface area is 135 Å². The number of amides is 1. The Morgan fingerprint density at radius 3 is 3.00 bits per heavy atom. The van der Waals surface area contributed by atoms with Crippen LogP contribution in [0.25, 0.3) is 22.6 Å². The van der Waals surface area contributed by atoms with Gasteiger partial charge in [0.25, 0.3) is 5.91 Å². The fourth-order valence-corrected chi connectivity index (χ4v) is 2.85. The van der Waals surface area contributed by atoms with Gasteiger partial charge in [-0.1, -0.05) is 6.07 Å². The quantitative estimate of drug-likeness (QED) is 0.606. The zero-order valence-corrected chi connectivity index (χ0v) is 13.0. The van der Waals surface area contributed by atoms with Gasteiger partial charge in [0.1, 0.15) is 11.2 Å². The second-order valence-corrected chi connectivity index (χ2v) is 5.85. The van der Waals surface area contributed by atoms with Gasteiger partial charge in [0.2, 0.25) is 0 Å². The van der Waals surface area contributed by atoms with E-state index in [4.69, 9.17) is 0 Å². The number of rotatable bonds is 3. The van der Waals surface area contributed by atoms with E-state index < -0.39 is 0 Å². The largest absolute Gasteiger partial charge is 0.337 e. The molecule has 114 valence electrons. The SMILES string of the molecule is Cn1ccc(-c2nc3c(C(=O)Nc4nccs4)cccc3[nH]2)n1. The van der Waals surface area contributed by atoms with E-state index in [1.54, 1.807) is 16.9 Å². The summed E-state index contributed by atoms with van der Waals surface area (Å²) in [6, 6.07) is 7.32. The molecule has 0 fully saturated rings. The molecule has 0 unspecified atom stereocenters. The summed E-state index contributed by atoms with van der Waals surface area (Å²) >= 11 is 1.37. The molecule has 2 N–H and O–H groups in total. The van der Waals surface area contributed by atoms with Gasteiger partial charge in [0.05, 0.1) is 11.1 Å². The third kappa shape index (κ3) is 2.49. The highest BCUT2D eigenvalue weighted by Gasteiger charge is 2.16. The number of aryl methyl sites for hydroxylation is 1. The Morgan fingerprint density at radius 2 is 2.26 bits per heavy atom. The average molecular weight is 324 g/mol. The smallest absolute Gasteiger partial charge is 0.259 e. The van der Waals surface area contributed by atoms with Crippen molar-refractivity contribution in [3.8, 4) is 11.5 Å². The Balaban J connectivity index is 1.75. The van der Waals surface area contributed by atoms with E-state index in [1.807, 2.05) is 36.8 Å². The maximum Gasteiger partial charge on any atom is 0.259 e. The fourth-order valence-electron chi connectivity index (χ4n) is 2.33. The number of anilines is 1. The van der Waals surface area contributed by atoms with Crippen LogP contribution < -0.4 is 5.32 Å². The zero-order valence-electron chi connectivity index (χ0n) is 12.1. The molecule has 7 nitrogen and oxygen atoms in total. The summed E-state index contributed by atoms with van der Waals surface area (Å²) in [5, 5.41) is 9.48. The van der Waals surface area contributed by atoms with Gasteiger partial charge in [-0.25, -0.2) is 9.97 Å². The Kier molecular flexibility index (Phi) is 3.16. The van der Waals surface area contributed by atoms with E-state index in [0.717, 1.165) is 11.2 Å². The zero-order chi connectivity index (χ0) is 15.8. The molecule has 4 rings (SSSR count). The predicted molar refractivity (Wildman–Crippen MR) is 88.4 cm³/mol. The highest BCUT2D eigenvalue weighted by atomic mass is 32.1. The number of imidazole rings is 1. The van der Waals surface area contributed by atoms with E-state index in [9.17, 15) is 4.79 Å². The number of hydrogen-bond donors (Lipinski definition) is 2. The normalized spacial score (nSPS) is 11.0. The fraction of sp³-hybridized carbons (Fsp3) is 0.0667. The second-order valence-electron chi connectivity index (χ2n) is 4.95. The Bertz CT molecular complexity index is 985. The van der Waals surface area contributed by atoms with E-state index in [2.05, 4.69) is 25.4 Å². The number of hydrogen-bond acceptors (Lipinski definition) is 5. The minimum absolute atomic E-state index is 0.232. The molecular weight excluding hydrogens is 312 g/mol. The van der Waals surface area contributed by atoms with Crippen molar-refractivity contribution in [2.75, 3.05) is 5.32 Å². The van der Waals surface area contributed by atoms with Crippen LogP contribution in [-0.2, 0) is 7.05 Å². The van der Waals surface area contributed by atoms with Crippen LogP contribution in [0.5, 0.6) is 0 Å². The van der Waals surface area contributed by atoms with Crippen molar-refractivity contribution in [2.45, 2.75) is 0 Å². The molecule has 0 saturated carbocycles. The molecule has 0 radical (unpaired) electrons. The number of carbonyl (C=O) groups is 1. The third-order valence-electron chi connectivity index (χ3n) is 3.37. The number of carbonyl (C=O) groups excluding carboxylic acids is 1. The van der Waals surface area contributed by atoms with Gasteiger partial charge in [-0.05, 0) is 18.2 Å². The lowest BCUT2D eigenvalue weighted by Crippen LogP contribution is -2.12. The maximum atomic E-state index is 12.5. The number of thiazole rings is 1. The van der Waals surface area contributed by atoms with Crippen LogP contribution in [0.1, 0.15) is 10.4 Å². The van der Waals surface area contributed by atoms with E-state index in [1.165, 1.54) is 11.3 Å². The minimum Gasteiger partial charge on any atom is -0.337 e. The predicted octanol–water partition coefficient (Wildman–Crippen LogP) is 2.67. The summed E-state index contributed by atoms with van der Waals surface area (Å²) in [6.07, 6.45) is 3.49. The van der Waals surface area contributed by atoms with Gasteiger partial charge in [0, 0.05) is 24.8 Å². The summed E-state index contributed by atoms with van der Waals surface area (Å²) in [6.45, 7) is 0. The first-order valence-corrected chi connectivity index (χ1v) is 7.78. The van der Waals surface area contributed by atoms with E-state index >= 15 is 0 Å². The molecule has 0 spiro atoms. The van der Waals surface area contributed by atoms with Gasteiger partial charge < -0.3 is 4.98 Å². The Hall–Kier alpha value is -3.00. The van der Waals surface area contributed by atoms with Crippen molar-refractivity contribution >= 4 is 33.4 Å². The number of benzene rings is 1. The highest BCUT2D eigenvalue weighted by Crippen LogP contribution is 2.23. The summed E-state index contributed by atoms with van der Waals surface area (Å²) < 4.78 is 1.71.